The van der Waals surface area contributed by atoms with Crippen LogP contribution in [0.3, 0.4) is 0 Å². The molecular formula is C22H23ClN4O4. The lowest BCUT2D eigenvalue weighted by molar-refractivity contribution is -0.385. The van der Waals surface area contributed by atoms with Crippen LogP contribution in [0.4, 0.5) is 11.4 Å². The molecule has 2 aromatic carbocycles. The van der Waals surface area contributed by atoms with E-state index < -0.39 is 10.5 Å². The van der Waals surface area contributed by atoms with Gasteiger partial charge in [0.15, 0.2) is 0 Å². The van der Waals surface area contributed by atoms with Crippen molar-refractivity contribution in [1.29, 1.82) is 0 Å². The molecule has 3 aromatic rings. The number of aromatic nitrogens is 1. The monoisotopic (exact) mass is 442 g/mol. The summed E-state index contributed by atoms with van der Waals surface area (Å²) in [6.45, 7) is 3.93. The number of para-hydroxylation sites is 1. The quantitative estimate of drug-likeness (QED) is 0.430. The summed E-state index contributed by atoms with van der Waals surface area (Å²) in [7, 11) is 1.57. The van der Waals surface area contributed by atoms with E-state index in [2.05, 4.69) is 4.90 Å². The molecule has 1 saturated heterocycles. The van der Waals surface area contributed by atoms with Gasteiger partial charge >= 0.3 is 11.2 Å². The van der Waals surface area contributed by atoms with Crippen molar-refractivity contribution in [1.82, 2.24) is 9.47 Å². The SMILES string of the molecule is Cn1c(=O)c([N+](=O)[O-])c(N2CCN(CCOc3ccc(Cl)cc3)CC2)c2ccccc21. The maximum Gasteiger partial charge on any atom is 0.357 e. The van der Waals surface area contributed by atoms with E-state index >= 15 is 0 Å². The molecule has 0 radical (unpaired) electrons. The normalized spacial score (nSPS) is 14.7. The van der Waals surface area contributed by atoms with Crippen molar-refractivity contribution in [3.05, 3.63) is 74.0 Å². The van der Waals surface area contributed by atoms with Gasteiger partial charge < -0.3 is 14.2 Å². The van der Waals surface area contributed by atoms with Gasteiger partial charge in [-0.25, -0.2) is 0 Å². The first-order chi connectivity index (χ1) is 15.0. The van der Waals surface area contributed by atoms with E-state index in [1.807, 2.05) is 41.3 Å². The number of halogens is 1. The molecule has 0 spiro atoms. The number of nitro groups is 1. The number of hydrogen-bond donors (Lipinski definition) is 0. The topological polar surface area (TPSA) is 80.8 Å². The molecule has 1 aliphatic rings. The molecule has 4 rings (SSSR count). The molecule has 0 atom stereocenters. The second-order valence-electron chi connectivity index (χ2n) is 7.47. The lowest BCUT2D eigenvalue weighted by atomic mass is 10.1. The molecule has 0 aliphatic carbocycles. The summed E-state index contributed by atoms with van der Waals surface area (Å²) in [6.07, 6.45) is 0. The Morgan fingerprint density at radius 2 is 1.74 bits per heavy atom. The van der Waals surface area contributed by atoms with E-state index in [4.69, 9.17) is 16.3 Å². The maximum atomic E-state index is 12.7. The van der Waals surface area contributed by atoms with Gasteiger partial charge in [-0.05, 0) is 30.3 Å². The van der Waals surface area contributed by atoms with E-state index in [1.54, 1.807) is 19.2 Å². The number of nitrogens with zero attached hydrogens (tertiary/aromatic N) is 4. The largest absolute Gasteiger partial charge is 0.492 e. The minimum Gasteiger partial charge on any atom is -0.492 e. The number of piperazine rings is 1. The second kappa shape index (κ2) is 8.95. The third kappa shape index (κ3) is 4.35. The number of anilines is 1. The number of aryl methyl sites for hydroxylation is 1. The van der Waals surface area contributed by atoms with Gasteiger partial charge in [-0.3, -0.25) is 19.8 Å². The highest BCUT2D eigenvalue weighted by Crippen LogP contribution is 2.33. The number of fused-ring (bicyclic) bond motifs is 1. The summed E-state index contributed by atoms with van der Waals surface area (Å²) in [4.78, 5) is 28.1. The summed E-state index contributed by atoms with van der Waals surface area (Å²) < 4.78 is 7.11. The van der Waals surface area contributed by atoms with Gasteiger partial charge in [0.25, 0.3) is 0 Å². The van der Waals surface area contributed by atoms with Crippen LogP contribution >= 0.6 is 11.6 Å². The van der Waals surface area contributed by atoms with Crippen LogP contribution in [0.25, 0.3) is 10.9 Å². The van der Waals surface area contributed by atoms with Gasteiger partial charge in [-0.1, -0.05) is 29.8 Å². The average Bonchev–Trinajstić information content (AvgIpc) is 2.78. The number of pyridine rings is 1. The van der Waals surface area contributed by atoms with Crippen LogP contribution in [0, 0.1) is 10.1 Å². The summed E-state index contributed by atoms with van der Waals surface area (Å²) in [5, 5.41) is 13.2. The Kier molecular flexibility index (Phi) is 6.11. The lowest BCUT2D eigenvalue weighted by Gasteiger charge is -2.36. The molecule has 0 bridgehead atoms. The van der Waals surface area contributed by atoms with E-state index in [1.165, 1.54) is 4.57 Å². The Labute approximate surface area is 184 Å². The average molecular weight is 443 g/mol. The van der Waals surface area contributed by atoms with Crippen LogP contribution in [-0.4, -0.2) is 53.7 Å². The lowest BCUT2D eigenvalue weighted by Crippen LogP contribution is -2.48. The molecule has 162 valence electrons. The number of ether oxygens (including phenoxy) is 1. The molecule has 1 aromatic heterocycles. The molecule has 9 heteroatoms. The minimum atomic E-state index is -0.586. The van der Waals surface area contributed by atoms with Crippen molar-refractivity contribution < 1.29 is 9.66 Å². The van der Waals surface area contributed by atoms with Crippen molar-refractivity contribution in [3.8, 4) is 5.75 Å². The van der Waals surface area contributed by atoms with E-state index in [0.29, 0.717) is 35.9 Å². The Balaban J connectivity index is 1.48. The predicted octanol–water partition coefficient (Wildman–Crippen LogP) is 3.30. The summed E-state index contributed by atoms with van der Waals surface area (Å²) in [5.41, 5.74) is 0.158. The molecule has 1 fully saturated rings. The summed E-state index contributed by atoms with van der Waals surface area (Å²) in [5.74, 6) is 0.769. The standard InChI is InChI=1S/C22H23ClN4O4/c1-24-19-5-3-2-4-18(19)20(21(22(24)28)27(29)30)26-12-10-25(11-13-26)14-15-31-17-8-6-16(23)7-9-17/h2-9H,10-15H2,1H3. The van der Waals surface area contributed by atoms with Crippen molar-refractivity contribution >= 4 is 33.9 Å². The predicted molar refractivity (Wildman–Crippen MR) is 121 cm³/mol. The van der Waals surface area contributed by atoms with Crippen molar-refractivity contribution in [2.75, 3.05) is 44.2 Å². The van der Waals surface area contributed by atoms with E-state index in [-0.39, 0.29) is 5.69 Å². The van der Waals surface area contributed by atoms with Crippen LogP contribution in [0.1, 0.15) is 0 Å². The summed E-state index contributed by atoms with van der Waals surface area (Å²) >= 11 is 5.89. The smallest absolute Gasteiger partial charge is 0.357 e. The molecule has 1 aliphatic heterocycles. The van der Waals surface area contributed by atoms with Crippen molar-refractivity contribution in [2.24, 2.45) is 7.05 Å². The first-order valence-corrected chi connectivity index (χ1v) is 10.5. The Morgan fingerprint density at radius 1 is 1.06 bits per heavy atom. The molecule has 8 nitrogen and oxygen atoms in total. The second-order valence-corrected chi connectivity index (χ2v) is 7.90. The molecule has 0 unspecified atom stereocenters. The maximum absolute atomic E-state index is 12.7. The summed E-state index contributed by atoms with van der Waals surface area (Å²) in [6, 6.07) is 14.6. The highest BCUT2D eigenvalue weighted by molar-refractivity contribution is 6.30. The van der Waals surface area contributed by atoms with Crippen molar-refractivity contribution in [2.45, 2.75) is 0 Å². The first kappa shape index (κ1) is 21.1. The number of benzene rings is 2. The van der Waals surface area contributed by atoms with E-state index in [0.717, 1.165) is 30.8 Å². The molecule has 2 heterocycles. The van der Waals surface area contributed by atoms with Gasteiger partial charge in [-0.2, -0.15) is 0 Å². The minimum absolute atomic E-state index is 0.360. The third-order valence-corrected chi connectivity index (χ3v) is 5.86. The third-order valence-electron chi connectivity index (χ3n) is 5.61. The van der Waals surface area contributed by atoms with Crippen LogP contribution in [0.15, 0.2) is 53.3 Å². The fraction of sp³-hybridized carbons (Fsp3) is 0.318. The van der Waals surface area contributed by atoms with Gasteiger partial charge in [-0.15, -0.1) is 0 Å². The fourth-order valence-corrected chi connectivity index (χ4v) is 4.09. The Bertz CT molecular complexity index is 1150. The zero-order valence-electron chi connectivity index (χ0n) is 17.2. The van der Waals surface area contributed by atoms with Gasteiger partial charge in [0.05, 0.1) is 10.4 Å². The Hall–Kier alpha value is -3.10. The Morgan fingerprint density at radius 3 is 2.42 bits per heavy atom. The van der Waals surface area contributed by atoms with Gasteiger partial charge in [0.1, 0.15) is 18.0 Å². The highest BCUT2D eigenvalue weighted by Gasteiger charge is 2.30. The van der Waals surface area contributed by atoms with Crippen LogP contribution < -0.4 is 15.2 Å². The van der Waals surface area contributed by atoms with Crippen LogP contribution in [0.2, 0.25) is 5.02 Å². The fourth-order valence-electron chi connectivity index (χ4n) is 3.97. The molecule has 31 heavy (non-hydrogen) atoms. The van der Waals surface area contributed by atoms with Crippen LogP contribution in [-0.2, 0) is 7.05 Å². The zero-order chi connectivity index (χ0) is 22.0. The molecule has 0 N–H and O–H groups in total. The molecule has 0 saturated carbocycles. The molecular weight excluding hydrogens is 420 g/mol. The highest BCUT2D eigenvalue weighted by atomic mass is 35.5. The number of rotatable bonds is 6. The number of hydrogen-bond acceptors (Lipinski definition) is 6. The first-order valence-electron chi connectivity index (χ1n) is 10.1. The molecule has 0 amide bonds. The van der Waals surface area contributed by atoms with E-state index in [9.17, 15) is 14.9 Å². The van der Waals surface area contributed by atoms with Gasteiger partial charge in [0.2, 0.25) is 0 Å². The van der Waals surface area contributed by atoms with Crippen molar-refractivity contribution in [3.63, 3.8) is 0 Å². The zero-order valence-corrected chi connectivity index (χ0v) is 17.9. The van der Waals surface area contributed by atoms with Crippen LogP contribution in [0.5, 0.6) is 5.75 Å². The van der Waals surface area contributed by atoms with Gasteiger partial charge in [0, 0.05) is 50.2 Å².